The summed E-state index contributed by atoms with van der Waals surface area (Å²) in [5.74, 6) is 0.272. The average Bonchev–Trinajstić information content (AvgIpc) is 3.10. The topological polar surface area (TPSA) is 26.3 Å². The van der Waals surface area contributed by atoms with Crippen LogP contribution in [-0.2, 0) is 4.79 Å². The van der Waals surface area contributed by atoms with Crippen LogP contribution in [-0.4, -0.2) is 12.4 Å². The molecule has 1 aromatic rings. The number of carbonyl (C=O) groups is 1. The zero-order valence-electron chi connectivity index (χ0n) is 9.11. The number of hydrogen-bond acceptors (Lipinski definition) is 2. The van der Waals surface area contributed by atoms with Gasteiger partial charge in [-0.25, -0.2) is 0 Å². The van der Waals surface area contributed by atoms with Gasteiger partial charge in [-0.2, -0.15) is 8.78 Å². The van der Waals surface area contributed by atoms with Crippen LogP contribution in [0.15, 0.2) is 30.3 Å². The minimum Gasteiger partial charge on any atom is -0.434 e. The van der Waals surface area contributed by atoms with Crippen LogP contribution in [0, 0.1) is 5.92 Å². The summed E-state index contributed by atoms with van der Waals surface area (Å²) in [5, 5.41) is 0. The molecule has 0 heterocycles. The van der Waals surface area contributed by atoms with Crippen LogP contribution in [0.3, 0.4) is 0 Å². The molecule has 1 aliphatic carbocycles. The maximum atomic E-state index is 12.1. The highest BCUT2D eigenvalue weighted by molar-refractivity contribution is 5.97. The molecule has 90 valence electrons. The third kappa shape index (κ3) is 3.37. The Morgan fingerprint density at radius 2 is 2.06 bits per heavy atom. The van der Waals surface area contributed by atoms with Crippen LogP contribution in [0.1, 0.15) is 18.4 Å². The lowest BCUT2D eigenvalue weighted by Gasteiger charge is -2.06. The number of allylic oxidation sites excluding steroid dienone is 1. The summed E-state index contributed by atoms with van der Waals surface area (Å²) in [6.07, 6.45) is 4.82. The molecule has 1 fully saturated rings. The second-order valence-corrected chi connectivity index (χ2v) is 3.93. The summed E-state index contributed by atoms with van der Waals surface area (Å²) in [4.78, 5) is 11.4. The average molecular weight is 238 g/mol. The van der Waals surface area contributed by atoms with Gasteiger partial charge in [-0.1, -0.05) is 18.2 Å². The molecule has 0 aromatic heterocycles. The third-order valence-electron chi connectivity index (χ3n) is 2.54. The third-order valence-corrected chi connectivity index (χ3v) is 2.54. The molecular formula is C13H12F2O2. The van der Waals surface area contributed by atoms with Gasteiger partial charge >= 0.3 is 6.61 Å². The molecule has 1 saturated carbocycles. The molecule has 0 aliphatic heterocycles. The minimum atomic E-state index is -2.86. The van der Waals surface area contributed by atoms with Gasteiger partial charge in [0, 0.05) is 11.5 Å². The first-order valence-corrected chi connectivity index (χ1v) is 5.42. The van der Waals surface area contributed by atoms with Crippen LogP contribution < -0.4 is 4.74 Å². The lowest BCUT2D eigenvalue weighted by Crippen LogP contribution is -2.03. The maximum Gasteiger partial charge on any atom is 0.387 e. The molecule has 2 nitrogen and oxygen atoms in total. The van der Waals surface area contributed by atoms with Crippen molar-refractivity contribution < 1.29 is 18.3 Å². The van der Waals surface area contributed by atoms with Crippen molar-refractivity contribution in [3.05, 3.63) is 35.9 Å². The summed E-state index contributed by atoms with van der Waals surface area (Å²) in [6.45, 7) is -2.86. The molecule has 4 heteroatoms. The standard InChI is InChI=1S/C13H12F2O2/c14-13(15)17-12-4-2-1-3-10(12)7-8-11(16)9-5-6-9/h1-4,7-9,13H,5-6H2/b8-7+. The van der Waals surface area contributed by atoms with Gasteiger partial charge in [0.05, 0.1) is 0 Å². The van der Waals surface area contributed by atoms with Crippen molar-refractivity contribution in [3.8, 4) is 5.75 Å². The van der Waals surface area contributed by atoms with E-state index >= 15 is 0 Å². The fraction of sp³-hybridized carbons (Fsp3) is 0.308. The number of hydrogen-bond donors (Lipinski definition) is 0. The van der Waals surface area contributed by atoms with Gasteiger partial charge in [0.25, 0.3) is 0 Å². The van der Waals surface area contributed by atoms with Crippen LogP contribution in [0.2, 0.25) is 0 Å². The number of benzene rings is 1. The monoisotopic (exact) mass is 238 g/mol. The normalized spacial score (nSPS) is 15.5. The number of para-hydroxylation sites is 1. The van der Waals surface area contributed by atoms with E-state index in [-0.39, 0.29) is 17.5 Å². The number of carbonyl (C=O) groups excluding carboxylic acids is 1. The Hall–Kier alpha value is -1.71. The summed E-state index contributed by atoms with van der Waals surface area (Å²) in [5.41, 5.74) is 0.488. The summed E-state index contributed by atoms with van der Waals surface area (Å²) >= 11 is 0. The highest BCUT2D eigenvalue weighted by Crippen LogP contribution is 2.30. The smallest absolute Gasteiger partial charge is 0.387 e. The van der Waals surface area contributed by atoms with E-state index < -0.39 is 6.61 Å². The zero-order valence-corrected chi connectivity index (χ0v) is 9.11. The molecule has 0 unspecified atom stereocenters. The number of rotatable bonds is 5. The number of alkyl halides is 2. The Kier molecular flexibility index (Phi) is 3.52. The molecule has 17 heavy (non-hydrogen) atoms. The maximum absolute atomic E-state index is 12.1. The number of ether oxygens (including phenoxy) is 1. The first kappa shape index (κ1) is 11.8. The summed E-state index contributed by atoms with van der Waals surface area (Å²) in [7, 11) is 0. The number of halogens is 2. The van der Waals surface area contributed by atoms with Crippen LogP contribution in [0.5, 0.6) is 5.75 Å². The van der Waals surface area contributed by atoms with E-state index in [0.717, 1.165) is 12.8 Å². The van der Waals surface area contributed by atoms with E-state index in [2.05, 4.69) is 4.74 Å². The van der Waals surface area contributed by atoms with Crippen molar-refractivity contribution in [2.24, 2.45) is 5.92 Å². The molecule has 0 spiro atoms. The zero-order chi connectivity index (χ0) is 12.3. The van der Waals surface area contributed by atoms with Gasteiger partial charge in [-0.05, 0) is 31.1 Å². The van der Waals surface area contributed by atoms with Crippen molar-refractivity contribution in [2.45, 2.75) is 19.5 Å². The van der Waals surface area contributed by atoms with E-state index in [0.29, 0.717) is 5.56 Å². The lowest BCUT2D eigenvalue weighted by atomic mass is 10.1. The van der Waals surface area contributed by atoms with Crippen LogP contribution in [0.25, 0.3) is 6.08 Å². The van der Waals surface area contributed by atoms with Gasteiger partial charge in [-0.15, -0.1) is 0 Å². The summed E-state index contributed by atoms with van der Waals surface area (Å²) in [6, 6.07) is 6.40. The van der Waals surface area contributed by atoms with Gasteiger partial charge in [0.1, 0.15) is 5.75 Å². The Labute approximate surface area is 97.9 Å². The highest BCUT2D eigenvalue weighted by Gasteiger charge is 2.27. The van der Waals surface area contributed by atoms with Crippen molar-refractivity contribution in [3.63, 3.8) is 0 Å². The quantitative estimate of drug-likeness (QED) is 0.736. The molecule has 0 N–H and O–H groups in total. The first-order chi connectivity index (χ1) is 8.16. The van der Waals surface area contributed by atoms with E-state index in [1.165, 1.54) is 18.2 Å². The van der Waals surface area contributed by atoms with Crippen molar-refractivity contribution >= 4 is 11.9 Å². The summed E-state index contributed by atoms with van der Waals surface area (Å²) < 4.78 is 28.6. The van der Waals surface area contributed by atoms with Crippen LogP contribution >= 0.6 is 0 Å². The molecule has 0 radical (unpaired) electrons. The van der Waals surface area contributed by atoms with Gasteiger partial charge < -0.3 is 4.74 Å². The Morgan fingerprint density at radius 1 is 1.35 bits per heavy atom. The first-order valence-electron chi connectivity index (χ1n) is 5.42. The van der Waals surface area contributed by atoms with E-state index in [9.17, 15) is 13.6 Å². The predicted octanol–water partition coefficient (Wildman–Crippen LogP) is 3.28. The van der Waals surface area contributed by atoms with E-state index in [4.69, 9.17) is 0 Å². The minimum absolute atomic E-state index is 0.0526. The molecule has 0 saturated heterocycles. The van der Waals surface area contributed by atoms with Gasteiger partial charge in [-0.3, -0.25) is 4.79 Å². The molecule has 1 aliphatic rings. The van der Waals surface area contributed by atoms with Crippen LogP contribution in [0.4, 0.5) is 8.78 Å². The molecule has 1 aromatic carbocycles. The van der Waals surface area contributed by atoms with Crippen molar-refractivity contribution in [1.29, 1.82) is 0 Å². The highest BCUT2D eigenvalue weighted by atomic mass is 19.3. The molecule has 0 atom stereocenters. The molecule has 2 rings (SSSR count). The predicted molar refractivity (Wildman–Crippen MR) is 59.8 cm³/mol. The lowest BCUT2D eigenvalue weighted by molar-refractivity contribution is -0.115. The fourth-order valence-electron chi connectivity index (χ4n) is 1.50. The Morgan fingerprint density at radius 3 is 2.71 bits per heavy atom. The Bertz CT molecular complexity index is 437. The van der Waals surface area contributed by atoms with Crippen molar-refractivity contribution in [2.75, 3.05) is 0 Å². The number of ketones is 1. The van der Waals surface area contributed by atoms with Crippen molar-refractivity contribution in [1.82, 2.24) is 0 Å². The molecule has 0 bridgehead atoms. The SMILES string of the molecule is O=C(/C=C/c1ccccc1OC(F)F)C1CC1. The molecular weight excluding hydrogens is 226 g/mol. The van der Waals surface area contributed by atoms with Gasteiger partial charge in [0.2, 0.25) is 0 Å². The second-order valence-electron chi connectivity index (χ2n) is 3.93. The fourth-order valence-corrected chi connectivity index (χ4v) is 1.50. The Balaban J connectivity index is 2.10. The van der Waals surface area contributed by atoms with E-state index in [1.54, 1.807) is 18.2 Å². The second kappa shape index (κ2) is 5.08. The largest absolute Gasteiger partial charge is 0.434 e. The van der Waals surface area contributed by atoms with E-state index in [1.807, 2.05) is 0 Å². The van der Waals surface area contributed by atoms with Gasteiger partial charge in [0.15, 0.2) is 5.78 Å². The molecule has 0 amide bonds.